The molecule has 0 bridgehead atoms. The van der Waals surface area contributed by atoms with E-state index < -0.39 is 5.97 Å². The van der Waals surface area contributed by atoms with Crippen molar-refractivity contribution >= 4 is 17.6 Å². The second-order valence-corrected chi connectivity index (χ2v) is 5.67. The van der Waals surface area contributed by atoms with Crippen LogP contribution in [0.25, 0.3) is 0 Å². The molecule has 1 N–H and O–H groups in total. The molecule has 0 aromatic heterocycles. The Balaban J connectivity index is 3.01. The SMILES string of the molecule is CCCOc1c(CCCC(=O)O)cc(Cl)cc1C(C)C. The van der Waals surface area contributed by atoms with Gasteiger partial charge in [0, 0.05) is 11.4 Å². The summed E-state index contributed by atoms with van der Waals surface area (Å²) in [6.07, 6.45) is 2.37. The maximum atomic E-state index is 10.6. The van der Waals surface area contributed by atoms with Crippen molar-refractivity contribution in [2.75, 3.05) is 6.61 Å². The van der Waals surface area contributed by atoms with E-state index in [0.29, 0.717) is 30.4 Å². The normalized spacial score (nSPS) is 10.8. The first-order chi connectivity index (χ1) is 9.45. The predicted octanol–water partition coefficient (Wildman–Crippen LogP) is 4.66. The topological polar surface area (TPSA) is 46.5 Å². The van der Waals surface area contributed by atoms with Gasteiger partial charge in [-0.05, 0) is 48.4 Å². The number of ether oxygens (including phenoxy) is 1. The van der Waals surface area contributed by atoms with E-state index in [1.165, 1.54) is 0 Å². The molecule has 1 aromatic carbocycles. The van der Waals surface area contributed by atoms with Gasteiger partial charge in [-0.2, -0.15) is 0 Å². The fourth-order valence-electron chi connectivity index (χ4n) is 2.10. The first kappa shape index (κ1) is 16.8. The summed E-state index contributed by atoms with van der Waals surface area (Å²) in [6.45, 7) is 6.93. The third-order valence-corrected chi connectivity index (χ3v) is 3.29. The maximum absolute atomic E-state index is 10.6. The van der Waals surface area contributed by atoms with E-state index in [1.807, 2.05) is 12.1 Å². The maximum Gasteiger partial charge on any atom is 0.303 e. The zero-order chi connectivity index (χ0) is 15.1. The minimum Gasteiger partial charge on any atom is -0.493 e. The van der Waals surface area contributed by atoms with Crippen LogP contribution in [0.5, 0.6) is 5.75 Å². The molecular formula is C16H23ClO3. The van der Waals surface area contributed by atoms with Crippen LogP contribution in [0.4, 0.5) is 0 Å². The van der Waals surface area contributed by atoms with E-state index in [2.05, 4.69) is 20.8 Å². The molecule has 0 amide bonds. The molecule has 1 aromatic rings. The van der Waals surface area contributed by atoms with Crippen molar-refractivity contribution in [2.24, 2.45) is 0 Å². The first-order valence-corrected chi connectivity index (χ1v) is 7.50. The summed E-state index contributed by atoms with van der Waals surface area (Å²) in [5.74, 6) is 0.433. The Kier molecular flexibility index (Phi) is 6.86. The molecule has 0 aliphatic rings. The van der Waals surface area contributed by atoms with Crippen molar-refractivity contribution in [3.05, 3.63) is 28.3 Å². The minimum absolute atomic E-state index is 0.163. The van der Waals surface area contributed by atoms with Crippen LogP contribution < -0.4 is 4.74 Å². The van der Waals surface area contributed by atoms with Crippen LogP contribution in [-0.2, 0) is 11.2 Å². The van der Waals surface area contributed by atoms with E-state index in [9.17, 15) is 4.79 Å². The van der Waals surface area contributed by atoms with E-state index >= 15 is 0 Å². The minimum atomic E-state index is -0.771. The van der Waals surface area contributed by atoms with Crippen LogP contribution in [0.3, 0.4) is 0 Å². The zero-order valence-electron chi connectivity index (χ0n) is 12.4. The monoisotopic (exact) mass is 298 g/mol. The summed E-state index contributed by atoms with van der Waals surface area (Å²) in [5.41, 5.74) is 2.10. The second-order valence-electron chi connectivity index (χ2n) is 5.23. The van der Waals surface area contributed by atoms with E-state index in [4.69, 9.17) is 21.4 Å². The Morgan fingerprint density at radius 2 is 2.10 bits per heavy atom. The molecular weight excluding hydrogens is 276 g/mol. The van der Waals surface area contributed by atoms with Crippen LogP contribution in [0.1, 0.15) is 57.1 Å². The number of benzene rings is 1. The molecule has 112 valence electrons. The van der Waals surface area contributed by atoms with Crippen molar-refractivity contribution in [2.45, 2.75) is 52.4 Å². The zero-order valence-corrected chi connectivity index (χ0v) is 13.2. The van der Waals surface area contributed by atoms with Gasteiger partial charge < -0.3 is 9.84 Å². The van der Waals surface area contributed by atoms with Gasteiger partial charge in [0.1, 0.15) is 5.75 Å². The molecule has 3 nitrogen and oxygen atoms in total. The highest BCUT2D eigenvalue weighted by Gasteiger charge is 2.15. The van der Waals surface area contributed by atoms with Gasteiger partial charge in [-0.3, -0.25) is 4.79 Å². The van der Waals surface area contributed by atoms with E-state index in [-0.39, 0.29) is 6.42 Å². The third kappa shape index (κ3) is 5.04. The van der Waals surface area contributed by atoms with Crippen LogP contribution >= 0.6 is 11.6 Å². The van der Waals surface area contributed by atoms with Crippen LogP contribution in [0.2, 0.25) is 5.02 Å². The molecule has 0 fully saturated rings. The third-order valence-electron chi connectivity index (χ3n) is 3.07. The second kappa shape index (κ2) is 8.15. The van der Waals surface area contributed by atoms with Crippen molar-refractivity contribution in [3.63, 3.8) is 0 Å². The standard InChI is InChI=1S/C16H23ClO3/c1-4-8-20-16-12(6-5-7-15(18)19)9-13(17)10-14(16)11(2)3/h9-11H,4-8H2,1-3H3,(H,18,19). The summed E-state index contributed by atoms with van der Waals surface area (Å²) < 4.78 is 5.89. The lowest BCUT2D eigenvalue weighted by molar-refractivity contribution is -0.137. The molecule has 0 saturated heterocycles. The summed E-state index contributed by atoms with van der Waals surface area (Å²) in [4.78, 5) is 10.6. The van der Waals surface area contributed by atoms with Gasteiger partial charge >= 0.3 is 5.97 Å². The molecule has 0 unspecified atom stereocenters. The Bertz CT molecular complexity index is 455. The van der Waals surface area contributed by atoms with Crippen LogP contribution in [-0.4, -0.2) is 17.7 Å². The fourth-order valence-corrected chi connectivity index (χ4v) is 2.35. The summed E-state index contributed by atoms with van der Waals surface area (Å²) in [6, 6.07) is 3.83. The summed E-state index contributed by atoms with van der Waals surface area (Å²) >= 11 is 6.17. The number of carbonyl (C=O) groups is 1. The highest BCUT2D eigenvalue weighted by atomic mass is 35.5. The lowest BCUT2D eigenvalue weighted by atomic mass is 9.96. The van der Waals surface area contributed by atoms with Crippen molar-refractivity contribution < 1.29 is 14.6 Å². The molecule has 0 aliphatic heterocycles. The molecule has 0 spiro atoms. The number of hydrogen-bond acceptors (Lipinski definition) is 2. The fraction of sp³-hybridized carbons (Fsp3) is 0.562. The lowest BCUT2D eigenvalue weighted by Gasteiger charge is -2.18. The van der Waals surface area contributed by atoms with E-state index in [1.54, 1.807) is 0 Å². The molecule has 0 radical (unpaired) electrons. The number of aryl methyl sites for hydroxylation is 1. The van der Waals surface area contributed by atoms with Crippen molar-refractivity contribution in [1.29, 1.82) is 0 Å². The Morgan fingerprint density at radius 1 is 1.40 bits per heavy atom. The van der Waals surface area contributed by atoms with Gasteiger partial charge in [0.25, 0.3) is 0 Å². The van der Waals surface area contributed by atoms with E-state index in [0.717, 1.165) is 23.3 Å². The average Bonchev–Trinajstić information content (AvgIpc) is 2.36. The smallest absolute Gasteiger partial charge is 0.303 e. The first-order valence-electron chi connectivity index (χ1n) is 7.12. The Hall–Kier alpha value is -1.22. The quantitative estimate of drug-likeness (QED) is 0.759. The molecule has 0 aliphatic carbocycles. The summed E-state index contributed by atoms with van der Waals surface area (Å²) in [5, 5.41) is 9.43. The Labute approximate surface area is 125 Å². The molecule has 1 rings (SSSR count). The number of carboxylic acid groups (broad SMARTS) is 1. The molecule has 20 heavy (non-hydrogen) atoms. The molecule has 4 heteroatoms. The number of aliphatic carboxylic acids is 1. The van der Waals surface area contributed by atoms with Crippen molar-refractivity contribution in [3.8, 4) is 5.75 Å². The number of hydrogen-bond donors (Lipinski definition) is 1. The van der Waals surface area contributed by atoms with Gasteiger partial charge in [-0.15, -0.1) is 0 Å². The number of halogens is 1. The van der Waals surface area contributed by atoms with Crippen LogP contribution in [0, 0.1) is 0 Å². The van der Waals surface area contributed by atoms with Gasteiger partial charge in [0.05, 0.1) is 6.61 Å². The lowest BCUT2D eigenvalue weighted by Crippen LogP contribution is -2.05. The average molecular weight is 299 g/mol. The largest absolute Gasteiger partial charge is 0.493 e. The van der Waals surface area contributed by atoms with Crippen molar-refractivity contribution in [1.82, 2.24) is 0 Å². The Morgan fingerprint density at radius 3 is 2.65 bits per heavy atom. The highest BCUT2D eigenvalue weighted by molar-refractivity contribution is 6.30. The van der Waals surface area contributed by atoms with Gasteiger partial charge in [0.2, 0.25) is 0 Å². The van der Waals surface area contributed by atoms with Gasteiger partial charge in [-0.25, -0.2) is 0 Å². The molecule has 0 heterocycles. The predicted molar refractivity (Wildman–Crippen MR) is 81.9 cm³/mol. The molecule has 0 saturated carbocycles. The summed E-state index contributed by atoms with van der Waals surface area (Å²) in [7, 11) is 0. The number of carboxylic acids is 1. The van der Waals surface area contributed by atoms with Gasteiger partial charge in [-0.1, -0.05) is 32.4 Å². The van der Waals surface area contributed by atoms with Gasteiger partial charge in [0.15, 0.2) is 0 Å². The number of rotatable bonds is 8. The highest BCUT2D eigenvalue weighted by Crippen LogP contribution is 2.34. The molecule has 0 atom stereocenters. The van der Waals surface area contributed by atoms with Crippen LogP contribution in [0.15, 0.2) is 12.1 Å².